The van der Waals surface area contributed by atoms with Gasteiger partial charge in [0.25, 0.3) is 5.91 Å². The standard InChI is InChI=1S/C15H14FN3O2/c16-12-4-3-10(8-17)7-11(12)9-19-14(21)18-13(20)15(19)5-1-2-6-15/h3-4,7H,1-2,5-6,9H2,(H,18,20,21). The van der Waals surface area contributed by atoms with Gasteiger partial charge in [-0.2, -0.15) is 5.26 Å². The van der Waals surface area contributed by atoms with Crippen molar-refractivity contribution in [3.8, 4) is 6.07 Å². The molecule has 21 heavy (non-hydrogen) atoms. The van der Waals surface area contributed by atoms with Gasteiger partial charge in [-0.1, -0.05) is 12.8 Å². The molecule has 1 saturated heterocycles. The number of nitriles is 1. The highest BCUT2D eigenvalue weighted by molar-refractivity contribution is 6.07. The topological polar surface area (TPSA) is 73.2 Å². The number of halogens is 1. The molecule has 0 atom stereocenters. The molecule has 1 heterocycles. The van der Waals surface area contributed by atoms with E-state index in [9.17, 15) is 14.0 Å². The number of nitrogens with one attached hydrogen (secondary N) is 1. The van der Waals surface area contributed by atoms with Crippen LogP contribution in [0.15, 0.2) is 18.2 Å². The Balaban J connectivity index is 1.95. The van der Waals surface area contributed by atoms with Gasteiger partial charge in [-0.25, -0.2) is 9.18 Å². The summed E-state index contributed by atoms with van der Waals surface area (Å²) < 4.78 is 13.9. The second kappa shape index (κ2) is 4.85. The van der Waals surface area contributed by atoms with Crippen molar-refractivity contribution >= 4 is 11.9 Å². The third-order valence-corrected chi connectivity index (χ3v) is 4.34. The Morgan fingerprint density at radius 3 is 2.71 bits per heavy atom. The van der Waals surface area contributed by atoms with E-state index in [4.69, 9.17) is 5.26 Å². The largest absolute Gasteiger partial charge is 0.325 e. The molecule has 2 aliphatic rings. The quantitative estimate of drug-likeness (QED) is 0.846. The van der Waals surface area contributed by atoms with Gasteiger partial charge >= 0.3 is 6.03 Å². The molecule has 1 aliphatic carbocycles. The first-order valence-electron chi connectivity index (χ1n) is 6.88. The van der Waals surface area contributed by atoms with Crippen molar-refractivity contribution in [3.63, 3.8) is 0 Å². The van der Waals surface area contributed by atoms with E-state index in [2.05, 4.69) is 5.32 Å². The minimum absolute atomic E-state index is 0.00106. The van der Waals surface area contributed by atoms with E-state index in [1.165, 1.54) is 23.1 Å². The molecule has 1 spiro atoms. The molecule has 1 saturated carbocycles. The number of carbonyl (C=O) groups excluding carboxylic acids is 2. The summed E-state index contributed by atoms with van der Waals surface area (Å²) in [7, 11) is 0. The molecule has 6 heteroatoms. The van der Waals surface area contributed by atoms with Gasteiger partial charge in [-0.15, -0.1) is 0 Å². The lowest BCUT2D eigenvalue weighted by Gasteiger charge is -2.31. The molecule has 0 unspecified atom stereocenters. The molecule has 0 aromatic heterocycles. The fourth-order valence-corrected chi connectivity index (χ4v) is 3.21. The van der Waals surface area contributed by atoms with E-state index in [1.54, 1.807) is 0 Å². The van der Waals surface area contributed by atoms with Crippen LogP contribution < -0.4 is 5.32 Å². The van der Waals surface area contributed by atoms with Crippen molar-refractivity contribution in [3.05, 3.63) is 35.1 Å². The fraction of sp³-hybridized carbons (Fsp3) is 0.400. The Hall–Kier alpha value is -2.42. The molecule has 3 amide bonds. The van der Waals surface area contributed by atoms with Crippen molar-refractivity contribution in [1.29, 1.82) is 5.26 Å². The lowest BCUT2D eigenvalue weighted by atomic mass is 9.95. The van der Waals surface area contributed by atoms with Crippen molar-refractivity contribution < 1.29 is 14.0 Å². The van der Waals surface area contributed by atoms with E-state index >= 15 is 0 Å². The molecule has 2 fully saturated rings. The first kappa shape index (κ1) is 13.6. The number of imide groups is 1. The van der Waals surface area contributed by atoms with Crippen LogP contribution in [0.5, 0.6) is 0 Å². The average molecular weight is 287 g/mol. The molecular weight excluding hydrogens is 273 g/mol. The van der Waals surface area contributed by atoms with Gasteiger partial charge < -0.3 is 4.90 Å². The normalized spacial score (nSPS) is 19.9. The van der Waals surface area contributed by atoms with Crippen molar-refractivity contribution in [1.82, 2.24) is 10.2 Å². The molecule has 1 N–H and O–H groups in total. The number of urea groups is 1. The van der Waals surface area contributed by atoms with E-state index in [1.807, 2.05) is 6.07 Å². The SMILES string of the molecule is N#Cc1ccc(F)c(CN2C(=O)NC(=O)C23CCCC3)c1. The molecular formula is C15H14FN3O2. The highest BCUT2D eigenvalue weighted by atomic mass is 19.1. The van der Waals surface area contributed by atoms with Gasteiger partial charge in [0.05, 0.1) is 18.2 Å². The molecule has 108 valence electrons. The van der Waals surface area contributed by atoms with Gasteiger partial charge in [0, 0.05) is 5.56 Å². The third kappa shape index (κ3) is 2.05. The summed E-state index contributed by atoms with van der Waals surface area (Å²) >= 11 is 0. The second-order valence-electron chi connectivity index (χ2n) is 5.50. The second-order valence-corrected chi connectivity index (χ2v) is 5.50. The van der Waals surface area contributed by atoms with Crippen LogP contribution >= 0.6 is 0 Å². The van der Waals surface area contributed by atoms with Crippen LogP contribution in [0, 0.1) is 17.1 Å². The number of benzene rings is 1. The number of hydrogen-bond donors (Lipinski definition) is 1. The number of hydrogen-bond acceptors (Lipinski definition) is 3. The summed E-state index contributed by atoms with van der Waals surface area (Å²) in [5.74, 6) is -0.767. The highest BCUT2D eigenvalue weighted by Crippen LogP contribution is 2.39. The van der Waals surface area contributed by atoms with Gasteiger partial charge in [0.1, 0.15) is 11.4 Å². The van der Waals surface area contributed by atoms with Crippen LogP contribution in [0.4, 0.5) is 9.18 Å². The van der Waals surface area contributed by atoms with Crippen LogP contribution in [0.3, 0.4) is 0 Å². The summed E-state index contributed by atoms with van der Waals surface area (Å²) in [6.45, 7) is -0.00106. The first-order valence-corrected chi connectivity index (χ1v) is 6.88. The Kier molecular flexibility index (Phi) is 3.13. The van der Waals surface area contributed by atoms with Crippen molar-refractivity contribution in [2.45, 2.75) is 37.8 Å². The molecule has 5 nitrogen and oxygen atoms in total. The zero-order valence-electron chi connectivity index (χ0n) is 11.4. The molecule has 3 rings (SSSR count). The van der Waals surface area contributed by atoms with Gasteiger partial charge in [0.15, 0.2) is 0 Å². The van der Waals surface area contributed by atoms with Gasteiger partial charge in [0.2, 0.25) is 0 Å². The lowest BCUT2D eigenvalue weighted by molar-refractivity contribution is -0.126. The third-order valence-electron chi connectivity index (χ3n) is 4.34. The van der Waals surface area contributed by atoms with Crippen LogP contribution in [0.2, 0.25) is 0 Å². The Bertz CT molecular complexity index is 659. The fourth-order valence-electron chi connectivity index (χ4n) is 3.21. The van der Waals surface area contributed by atoms with Crippen LogP contribution in [-0.4, -0.2) is 22.4 Å². The van der Waals surface area contributed by atoms with E-state index < -0.39 is 17.4 Å². The summed E-state index contributed by atoms with van der Waals surface area (Å²) in [6.07, 6.45) is 2.95. The van der Waals surface area contributed by atoms with Crippen LogP contribution in [-0.2, 0) is 11.3 Å². The molecule has 0 bridgehead atoms. The monoisotopic (exact) mass is 287 g/mol. The maximum atomic E-state index is 13.9. The molecule has 1 aromatic rings. The minimum atomic E-state index is -0.841. The molecule has 0 radical (unpaired) electrons. The smallest absolute Gasteiger partial charge is 0.305 e. The Morgan fingerprint density at radius 1 is 1.33 bits per heavy atom. The van der Waals surface area contributed by atoms with E-state index in [0.717, 1.165) is 12.8 Å². The molecule has 1 aromatic carbocycles. The van der Waals surface area contributed by atoms with Gasteiger partial charge in [-0.3, -0.25) is 10.1 Å². The number of rotatable bonds is 2. The lowest BCUT2D eigenvalue weighted by Crippen LogP contribution is -2.47. The summed E-state index contributed by atoms with van der Waals surface area (Å²) in [5, 5.41) is 11.2. The minimum Gasteiger partial charge on any atom is -0.305 e. The zero-order valence-corrected chi connectivity index (χ0v) is 11.4. The van der Waals surface area contributed by atoms with Gasteiger partial charge in [-0.05, 0) is 31.0 Å². The molecule has 1 aliphatic heterocycles. The number of nitrogens with zero attached hydrogens (tertiary/aromatic N) is 2. The highest BCUT2D eigenvalue weighted by Gasteiger charge is 2.54. The van der Waals surface area contributed by atoms with Crippen LogP contribution in [0.25, 0.3) is 0 Å². The van der Waals surface area contributed by atoms with E-state index in [-0.39, 0.29) is 18.0 Å². The zero-order chi connectivity index (χ0) is 15.0. The van der Waals surface area contributed by atoms with Crippen molar-refractivity contribution in [2.24, 2.45) is 0 Å². The first-order chi connectivity index (χ1) is 10.1. The Morgan fingerprint density at radius 2 is 2.05 bits per heavy atom. The Labute approximate surface area is 121 Å². The summed E-state index contributed by atoms with van der Waals surface area (Å²) in [4.78, 5) is 25.5. The summed E-state index contributed by atoms with van der Waals surface area (Å²) in [5.41, 5.74) is -0.255. The predicted molar refractivity (Wildman–Crippen MR) is 71.4 cm³/mol. The maximum absolute atomic E-state index is 13.9. The maximum Gasteiger partial charge on any atom is 0.325 e. The van der Waals surface area contributed by atoms with Crippen LogP contribution in [0.1, 0.15) is 36.8 Å². The number of carbonyl (C=O) groups is 2. The predicted octanol–water partition coefficient (Wildman–Crippen LogP) is 2.06. The van der Waals surface area contributed by atoms with Crippen molar-refractivity contribution in [2.75, 3.05) is 0 Å². The number of amides is 3. The average Bonchev–Trinajstić information content (AvgIpc) is 3.04. The summed E-state index contributed by atoms with van der Waals surface area (Å²) in [6, 6.07) is 5.49. The van der Waals surface area contributed by atoms with E-state index in [0.29, 0.717) is 18.4 Å².